The highest BCUT2D eigenvalue weighted by atomic mass is 16.6. The van der Waals surface area contributed by atoms with E-state index in [4.69, 9.17) is 19.9 Å². The standard InChI is InChI=1S/C19H29N5O5/c1-3-5-7-16(25)27-10-14(11-28-17(26)8-6-4-2)29-13-24-12-22-18-15(24)9-21-19(20)23-18/h9,12,14H,3-8,10-11,13H2,1-2H3,(H2,20,21,23). The van der Waals surface area contributed by atoms with Crippen LogP contribution in [0.15, 0.2) is 12.5 Å². The summed E-state index contributed by atoms with van der Waals surface area (Å²) >= 11 is 0. The zero-order chi connectivity index (χ0) is 21.1. The highest BCUT2D eigenvalue weighted by Crippen LogP contribution is 2.11. The molecule has 0 fully saturated rings. The van der Waals surface area contributed by atoms with Crippen LogP contribution >= 0.6 is 0 Å². The van der Waals surface area contributed by atoms with E-state index >= 15 is 0 Å². The maximum atomic E-state index is 11.8. The summed E-state index contributed by atoms with van der Waals surface area (Å²) in [7, 11) is 0. The van der Waals surface area contributed by atoms with Crippen LogP contribution in [0.5, 0.6) is 0 Å². The second kappa shape index (κ2) is 11.9. The maximum absolute atomic E-state index is 11.8. The molecule has 0 aliphatic heterocycles. The Hall–Kier alpha value is -2.75. The van der Waals surface area contributed by atoms with E-state index in [2.05, 4.69) is 15.0 Å². The molecule has 2 aromatic heterocycles. The maximum Gasteiger partial charge on any atom is 0.305 e. The second-order valence-electron chi connectivity index (χ2n) is 6.64. The molecule has 0 aromatic carbocycles. The SMILES string of the molecule is CCCCC(=O)OCC(COC(=O)CCCC)OCn1cnc2nc(N)ncc21. The predicted octanol–water partition coefficient (Wildman–Crippen LogP) is 2.22. The van der Waals surface area contributed by atoms with Crippen LogP contribution in [0.2, 0.25) is 0 Å². The van der Waals surface area contributed by atoms with E-state index in [1.807, 2.05) is 13.8 Å². The van der Waals surface area contributed by atoms with Crippen molar-refractivity contribution in [2.45, 2.75) is 65.2 Å². The van der Waals surface area contributed by atoms with Gasteiger partial charge in [0, 0.05) is 12.8 Å². The number of imidazole rings is 1. The van der Waals surface area contributed by atoms with Gasteiger partial charge in [-0.15, -0.1) is 0 Å². The average molecular weight is 407 g/mol. The Balaban J connectivity index is 1.93. The molecule has 29 heavy (non-hydrogen) atoms. The second-order valence-corrected chi connectivity index (χ2v) is 6.64. The molecule has 0 radical (unpaired) electrons. The molecule has 0 bridgehead atoms. The Morgan fingerprint density at radius 1 is 1.07 bits per heavy atom. The molecule has 0 saturated carbocycles. The lowest BCUT2D eigenvalue weighted by Crippen LogP contribution is -2.29. The normalized spacial score (nSPS) is 11.1. The van der Waals surface area contributed by atoms with Crippen molar-refractivity contribution in [3.8, 4) is 0 Å². The molecule has 160 valence electrons. The van der Waals surface area contributed by atoms with Crippen molar-refractivity contribution < 1.29 is 23.8 Å². The highest BCUT2D eigenvalue weighted by Gasteiger charge is 2.17. The van der Waals surface area contributed by atoms with E-state index in [1.54, 1.807) is 17.1 Å². The van der Waals surface area contributed by atoms with Gasteiger partial charge >= 0.3 is 11.9 Å². The fourth-order valence-corrected chi connectivity index (χ4v) is 2.46. The topological polar surface area (TPSA) is 131 Å². The summed E-state index contributed by atoms with van der Waals surface area (Å²) in [4.78, 5) is 35.7. The molecule has 0 unspecified atom stereocenters. The molecule has 0 atom stereocenters. The minimum atomic E-state index is -0.599. The third-order valence-corrected chi connectivity index (χ3v) is 4.18. The number of fused-ring (bicyclic) bond motifs is 1. The zero-order valence-corrected chi connectivity index (χ0v) is 17.0. The summed E-state index contributed by atoms with van der Waals surface area (Å²) in [6.45, 7) is 4.11. The van der Waals surface area contributed by atoms with Crippen LogP contribution in [0.4, 0.5) is 5.95 Å². The fraction of sp³-hybridized carbons (Fsp3) is 0.632. The molecule has 0 amide bonds. The number of anilines is 1. The summed E-state index contributed by atoms with van der Waals surface area (Å²) in [5, 5.41) is 0. The third kappa shape index (κ3) is 7.65. The third-order valence-electron chi connectivity index (χ3n) is 4.18. The van der Waals surface area contributed by atoms with Crippen LogP contribution in [0.25, 0.3) is 11.2 Å². The molecule has 0 spiro atoms. The van der Waals surface area contributed by atoms with Gasteiger partial charge < -0.3 is 24.5 Å². The molecule has 10 heteroatoms. The largest absolute Gasteiger partial charge is 0.463 e. The van der Waals surface area contributed by atoms with Gasteiger partial charge in [-0.2, -0.15) is 4.98 Å². The first-order valence-corrected chi connectivity index (χ1v) is 9.89. The van der Waals surface area contributed by atoms with Crippen molar-refractivity contribution in [2.24, 2.45) is 0 Å². The van der Waals surface area contributed by atoms with Crippen LogP contribution < -0.4 is 5.73 Å². The molecule has 0 saturated heterocycles. The number of carbonyl (C=O) groups is 2. The molecule has 0 aliphatic rings. The number of ether oxygens (including phenoxy) is 3. The van der Waals surface area contributed by atoms with Crippen LogP contribution in [-0.4, -0.2) is 50.8 Å². The molecule has 2 heterocycles. The van der Waals surface area contributed by atoms with Crippen LogP contribution in [-0.2, 0) is 30.5 Å². The number of esters is 2. The highest BCUT2D eigenvalue weighted by molar-refractivity contribution is 5.70. The molecule has 2 N–H and O–H groups in total. The minimum Gasteiger partial charge on any atom is -0.463 e. The quantitative estimate of drug-likeness (QED) is 0.496. The average Bonchev–Trinajstić information content (AvgIpc) is 3.11. The number of nitrogens with zero attached hydrogens (tertiary/aromatic N) is 4. The zero-order valence-electron chi connectivity index (χ0n) is 17.0. The monoisotopic (exact) mass is 407 g/mol. The number of hydrogen-bond acceptors (Lipinski definition) is 9. The van der Waals surface area contributed by atoms with Crippen molar-refractivity contribution in [3.63, 3.8) is 0 Å². The van der Waals surface area contributed by atoms with Gasteiger partial charge in [0.25, 0.3) is 0 Å². The Morgan fingerprint density at radius 2 is 1.69 bits per heavy atom. The van der Waals surface area contributed by atoms with Crippen LogP contribution in [0.3, 0.4) is 0 Å². The van der Waals surface area contributed by atoms with Gasteiger partial charge in [-0.3, -0.25) is 9.59 Å². The molecule has 2 aromatic rings. The van der Waals surface area contributed by atoms with Gasteiger partial charge in [0.15, 0.2) is 5.65 Å². The first-order chi connectivity index (χ1) is 14.0. The van der Waals surface area contributed by atoms with Crippen LogP contribution in [0, 0.1) is 0 Å². The summed E-state index contributed by atoms with van der Waals surface area (Å²) in [6, 6.07) is 0. The van der Waals surface area contributed by atoms with E-state index in [9.17, 15) is 9.59 Å². The van der Waals surface area contributed by atoms with Gasteiger partial charge in [-0.05, 0) is 12.8 Å². The lowest BCUT2D eigenvalue weighted by Gasteiger charge is -2.18. The van der Waals surface area contributed by atoms with E-state index in [0.29, 0.717) is 24.0 Å². The van der Waals surface area contributed by atoms with Crippen molar-refractivity contribution in [2.75, 3.05) is 18.9 Å². The summed E-state index contributed by atoms with van der Waals surface area (Å²) < 4.78 is 18.1. The van der Waals surface area contributed by atoms with E-state index in [0.717, 1.165) is 25.7 Å². The smallest absolute Gasteiger partial charge is 0.305 e. The van der Waals surface area contributed by atoms with Gasteiger partial charge in [-0.25, -0.2) is 9.97 Å². The number of nitrogens with two attached hydrogens (primary N) is 1. The Labute approximate surface area is 169 Å². The van der Waals surface area contributed by atoms with Crippen molar-refractivity contribution >= 4 is 29.1 Å². The van der Waals surface area contributed by atoms with Gasteiger partial charge in [-0.1, -0.05) is 26.7 Å². The fourth-order valence-electron chi connectivity index (χ4n) is 2.46. The minimum absolute atomic E-state index is 0.000314. The van der Waals surface area contributed by atoms with Gasteiger partial charge in [0.2, 0.25) is 5.95 Å². The van der Waals surface area contributed by atoms with Gasteiger partial charge in [0.1, 0.15) is 31.6 Å². The molecular formula is C19H29N5O5. The molecule has 2 rings (SSSR count). The summed E-state index contributed by atoms with van der Waals surface area (Å²) in [5.74, 6) is -0.455. The first kappa shape index (κ1) is 22.5. The van der Waals surface area contributed by atoms with E-state index < -0.39 is 6.10 Å². The van der Waals surface area contributed by atoms with Crippen molar-refractivity contribution in [3.05, 3.63) is 12.5 Å². The molecule has 10 nitrogen and oxygen atoms in total. The first-order valence-electron chi connectivity index (χ1n) is 9.89. The number of carbonyl (C=O) groups excluding carboxylic acids is 2. The lowest BCUT2D eigenvalue weighted by atomic mass is 10.2. The van der Waals surface area contributed by atoms with E-state index in [-0.39, 0.29) is 37.8 Å². The molecular weight excluding hydrogens is 378 g/mol. The Bertz CT molecular complexity index is 770. The van der Waals surface area contributed by atoms with Gasteiger partial charge in [0.05, 0.1) is 12.5 Å². The van der Waals surface area contributed by atoms with Crippen LogP contribution in [0.1, 0.15) is 52.4 Å². The summed E-state index contributed by atoms with van der Waals surface area (Å²) in [5.41, 5.74) is 6.66. The lowest BCUT2D eigenvalue weighted by molar-refractivity contribution is -0.157. The van der Waals surface area contributed by atoms with E-state index in [1.165, 1.54) is 0 Å². The predicted molar refractivity (Wildman–Crippen MR) is 106 cm³/mol. The Kier molecular flexibility index (Phi) is 9.29. The number of nitrogen functional groups attached to an aromatic ring is 1. The van der Waals surface area contributed by atoms with Crippen molar-refractivity contribution in [1.82, 2.24) is 19.5 Å². The number of aromatic nitrogens is 4. The molecule has 0 aliphatic carbocycles. The summed E-state index contributed by atoms with van der Waals surface area (Å²) in [6.07, 6.45) is 6.55. The number of unbranched alkanes of at least 4 members (excludes halogenated alkanes) is 2. The number of hydrogen-bond donors (Lipinski definition) is 1. The van der Waals surface area contributed by atoms with Crippen molar-refractivity contribution in [1.29, 1.82) is 0 Å². The Morgan fingerprint density at radius 3 is 2.28 bits per heavy atom. The number of rotatable bonds is 13.